The third-order valence-corrected chi connectivity index (χ3v) is 1.78. The molecule has 8 heavy (non-hydrogen) atoms. The maximum atomic E-state index is 12.3. The lowest BCUT2D eigenvalue weighted by molar-refractivity contribution is 0.215. The van der Waals surface area contributed by atoms with Gasteiger partial charge >= 0.3 is 0 Å². The van der Waals surface area contributed by atoms with Crippen molar-refractivity contribution >= 4 is 0 Å². The number of halogens is 1. The van der Waals surface area contributed by atoms with Crippen LogP contribution < -0.4 is 0 Å². The van der Waals surface area contributed by atoms with Gasteiger partial charge < -0.3 is 0 Å². The number of alkyl halides is 1. The highest BCUT2D eigenvalue weighted by atomic mass is 19.1. The summed E-state index contributed by atoms with van der Waals surface area (Å²) in [6.07, 6.45) is -0.657. The van der Waals surface area contributed by atoms with Gasteiger partial charge in [-0.2, -0.15) is 0 Å². The van der Waals surface area contributed by atoms with Gasteiger partial charge in [-0.1, -0.05) is 20.8 Å². The molecule has 0 N–H and O–H groups in total. The summed E-state index contributed by atoms with van der Waals surface area (Å²) in [6, 6.07) is 0. The zero-order valence-corrected chi connectivity index (χ0v) is 6.11. The van der Waals surface area contributed by atoms with Crippen molar-refractivity contribution in [3.63, 3.8) is 0 Å². The first-order valence-corrected chi connectivity index (χ1v) is 3.19. The lowest BCUT2D eigenvalue weighted by atomic mass is 9.94. The standard InChI is InChI=1S/C7H15F/c1-5(2)6(3)7(4)8/h5-7H,1-4H3/t6?,7-/m0/s1. The Kier molecular flexibility index (Phi) is 3.03. The molecule has 0 amide bonds. The second-order valence-corrected chi connectivity index (χ2v) is 2.78. The van der Waals surface area contributed by atoms with Crippen molar-refractivity contribution in [2.75, 3.05) is 0 Å². The fourth-order valence-corrected chi connectivity index (χ4v) is 0.530. The zero-order chi connectivity index (χ0) is 6.73. The Morgan fingerprint density at radius 2 is 1.38 bits per heavy atom. The van der Waals surface area contributed by atoms with Gasteiger partial charge in [0.25, 0.3) is 0 Å². The summed E-state index contributed by atoms with van der Waals surface area (Å²) in [5.41, 5.74) is 0. The summed E-state index contributed by atoms with van der Waals surface area (Å²) >= 11 is 0. The SMILES string of the molecule is CC(C)C(C)[C@H](C)F. The Bertz CT molecular complexity index is 49.4. The number of hydrogen-bond donors (Lipinski definition) is 0. The van der Waals surface area contributed by atoms with Crippen molar-refractivity contribution in [2.45, 2.75) is 33.9 Å². The van der Waals surface area contributed by atoms with Crippen molar-refractivity contribution in [1.82, 2.24) is 0 Å². The van der Waals surface area contributed by atoms with Gasteiger partial charge in [-0.3, -0.25) is 0 Å². The van der Waals surface area contributed by atoms with Crippen LogP contribution in [0.15, 0.2) is 0 Å². The monoisotopic (exact) mass is 118 g/mol. The summed E-state index contributed by atoms with van der Waals surface area (Å²) in [5, 5.41) is 0. The predicted octanol–water partition coefficient (Wildman–Crippen LogP) is 2.64. The van der Waals surface area contributed by atoms with Gasteiger partial charge in [0, 0.05) is 0 Å². The molecule has 0 aliphatic rings. The molecule has 0 radical (unpaired) electrons. The van der Waals surface area contributed by atoms with E-state index in [4.69, 9.17) is 0 Å². The molecule has 0 aromatic carbocycles. The molecule has 0 nitrogen and oxygen atoms in total. The third-order valence-electron chi connectivity index (χ3n) is 1.78. The van der Waals surface area contributed by atoms with Gasteiger partial charge in [-0.05, 0) is 18.8 Å². The summed E-state index contributed by atoms with van der Waals surface area (Å²) < 4.78 is 12.3. The van der Waals surface area contributed by atoms with Crippen LogP contribution in [0.25, 0.3) is 0 Å². The highest BCUT2D eigenvalue weighted by molar-refractivity contribution is 4.62. The van der Waals surface area contributed by atoms with Crippen molar-refractivity contribution in [2.24, 2.45) is 11.8 Å². The van der Waals surface area contributed by atoms with E-state index in [1.54, 1.807) is 6.92 Å². The molecule has 1 unspecified atom stereocenters. The molecule has 2 atom stereocenters. The van der Waals surface area contributed by atoms with E-state index in [1.165, 1.54) is 0 Å². The van der Waals surface area contributed by atoms with Crippen LogP contribution in [0.2, 0.25) is 0 Å². The topological polar surface area (TPSA) is 0 Å². The van der Waals surface area contributed by atoms with Crippen molar-refractivity contribution in [3.8, 4) is 0 Å². The summed E-state index contributed by atoms with van der Waals surface area (Å²) in [7, 11) is 0. The van der Waals surface area contributed by atoms with Gasteiger partial charge in [0.05, 0.1) is 0 Å². The van der Waals surface area contributed by atoms with E-state index in [0.717, 1.165) is 0 Å². The lowest BCUT2D eigenvalue weighted by Crippen LogP contribution is -2.14. The fourth-order valence-electron chi connectivity index (χ4n) is 0.530. The van der Waals surface area contributed by atoms with Crippen LogP contribution in [0.1, 0.15) is 27.7 Å². The minimum absolute atomic E-state index is 0.204. The molecular formula is C7H15F. The van der Waals surface area contributed by atoms with Gasteiger partial charge in [0.15, 0.2) is 0 Å². The summed E-state index contributed by atoms with van der Waals surface area (Å²) in [6.45, 7) is 7.64. The number of rotatable bonds is 2. The van der Waals surface area contributed by atoms with Crippen LogP contribution >= 0.6 is 0 Å². The van der Waals surface area contributed by atoms with Crippen molar-refractivity contribution in [3.05, 3.63) is 0 Å². The van der Waals surface area contributed by atoms with Crippen LogP contribution in [0.3, 0.4) is 0 Å². The largest absolute Gasteiger partial charge is 0.247 e. The van der Waals surface area contributed by atoms with E-state index < -0.39 is 6.17 Å². The highest BCUT2D eigenvalue weighted by Gasteiger charge is 2.13. The first-order valence-electron chi connectivity index (χ1n) is 3.19. The van der Waals surface area contributed by atoms with Crippen LogP contribution in [0, 0.1) is 11.8 Å². The molecule has 0 aromatic rings. The molecule has 0 spiro atoms. The van der Waals surface area contributed by atoms with Crippen LogP contribution in [0.4, 0.5) is 4.39 Å². The maximum absolute atomic E-state index is 12.3. The Morgan fingerprint density at radius 1 is 1.00 bits per heavy atom. The summed E-state index contributed by atoms with van der Waals surface area (Å²) in [5.74, 6) is 0.671. The van der Waals surface area contributed by atoms with Crippen LogP contribution in [-0.4, -0.2) is 6.17 Å². The zero-order valence-electron chi connectivity index (χ0n) is 6.11. The molecule has 0 aromatic heterocycles. The highest BCUT2D eigenvalue weighted by Crippen LogP contribution is 2.15. The van der Waals surface area contributed by atoms with E-state index in [1.807, 2.05) is 20.8 Å². The molecule has 0 fully saturated rings. The molecule has 0 heterocycles. The molecule has 0 aliphatic carbocycles. The Labute approximate surface area is 51.1 Å². The van der Waals surface area contributed by atoms with Crippen LogP contribution in [-0.2, 0) is 0 Å². The lowest BCUT2D eigenvalue weighted by Gasteiger charge is -2.15. The quantitative estimate of drug-likeness (QED) is 0.523. The molecule has 0 saturated heterocycles. The van der Waals surface area contributed by atoms with E-state index in [0.29, 0.717) is 5.92 Å². The van der Waals surface area contributed by atoms with E-state index in [2.05, 4.69) is 0 Å². The Morgan fingerprint density at radius 3 is 1.38 bits per heavy atom. The second kappa shape index (κ2) is 3.06. The molecule has 0 saturated carbocycles. The van der Waals surface area contributed by atoms with E-state index >= 15 is 0 Å². The van der Waals surface area contributed by atoms with Gasteiger partial charge in [-0.15, -0.1) is 0 Å². The first kappa shape index (κ1) is 7.93. The molecular weight excluding hydrogens is 103 g/mol. The fraction of sp³-hybridized carbons (Fsp3) is 1.00. The number of hydrogen-bond acceptors (Lipinski definition) is 0. The minimum Gasteiger partial charge on any atom is -0.247 e. The predicted molar refractivity (Wildman–Crippen MR) is 34.6 cm³/mol. The van der Waals surface area contributed by atoms with E-state index in [-0.39, 0.29) is 5.92 Å². The third kappa shape index (κ3) is 2.29. The van der Waals surface area contributed by atoms with Gasteiger partial charge in [0.1, 0.15) is 6.17 Å². The van der Waals surface area contributed by atoms with Gasteiger partial charge in [-0.25, -0.2) is 4.39 Å². The Hall–Kier alpha value is -0.0700. The van der Waals surface area contributed by atoms with Crippen molar-refractivity contribution in [1.29, 1.82) is 0 Å². The molecule has 0 aliphatic heterocycles. The second-order valence-electron chi connectivity index (χ2n) is 2.78. The first-order chi connectivity index (χ1) is 3.55. The smallest absolute Gasteiger partial charge is 0.100 e. The summed E-state index contributed by atoms with van der Waals surface area (Å²) in [4.78, 5) is 0. The average molecular weight is 118 g/mol. The van der Waals surface area contributed by atoms with Crippen LogP contribution in [0.5, 0.6) is 0 Å². The maximum Gasteiger partial charge on any atom is 0.100 e. The molecule has 0 rings (SSSR count). The average Bonchev–Trinajstić information content (AvgIpc) is 1.64. The molecule has 50 valence electrons. The minimum atomic E-state index is -0.657. The molecule has 0 bridgehead atoms. The Balaban J connectivity index is 3.46. The molecule has 1 heteroatoms. The normalized spacial score (nSPS) is 18.8. The van der Waals surface area contributed by atoms with Crippen molar-refractivity contribution < 1.29 is 4.39 Å². The van der Waals surface area contributed by atoms with E-state index in [9.17, 15) is 4.39 Å². The van der Waals surface area contributed by atoms with Gasteiger partial charge in [0.2, 0.25) is 0 Å².